The maximum Gasteiger partial charge on any atom is 0.234 e. The summed E-state index contributed by atoms with van der Waals surface area (Å²) in [5, 5.41) is 6.19. The molecule has 0 heterocycles. The lowest BCUT2D eigenvalue weighted by Crippen LogP contribution is -2.34. The number of carbonyl (C=O) groups is 1. The SMILES string of the molecule is Cc1ccc(CNC(=O)CNCC2CC2)c(OCC2CC2)c1. The molecule has 2 N–H and O–H groups in total. The predicted octanol–water partition coefficient (Wildman–Crippen LogP) is 2.40. The molecule has 2 fully saturated rings. The highest BCUT2D eigenvalue weighted by Crippen LogP contribution is 2.30. The fraction of sp³-hybridized carbons (Fsp3) is 0.611. The van der Waals surface area contributed by atoms with E-state index in [4.69, 9.17) is 4.74 Å². The Bertz CT molecular complexity index is 522. The Labute approximate surface area is 132 Å². The van der Waals surface area contributed by atoms with Crippen LogP contribution >= 0.6 is 0 Å². The van der Waals surface area contributed by atoms with Gasteiger partial charge in [0.15, 0.2) is 0 Å². The van der Waals surface area contributed by atoms with Crippen molar-refractivity contribution >= 4 is 5.91 Å². The van der Waals surface area contributed by atoms with E-state index in [-0.39, 0.29) is 5.91 Å². The molecule has 22 heavy (non-hydrogen) atoms. The topological polar surface area (TPSA) is 50.4 Å². The van der Waals surface area contributed by atoms with Gasteiger partial charge in [0.2, 0.25) is 5.91 Å². The molecule has 0 atom stereocenters. The lowest BCUT2D eigenvalue weighted by atomic mass is 10.1. The number of amides is 1. The van der Waals surface area contributed by atoms with Gasteiger partial charge in [0.25, 0.3) is 0 Å². The Morgan fingerprint density at radius 3 is 2.73 bits per heavy atom. The highest BCUT2D eigenvalue weighted by molar-refractivity contribution is 5.78. The van der Waals surface area contributed by atoms with Crippen molar-refractivity contribution in [3.05, 3.63) is 29.3 Å². The molecule has 2 saturated carbocycles. The second kappa shape index (κ2) is 7.14. The molecule has 0 radical (unpaired) electrons. The van der Waals surface area contributed by atoms with Crippen molar-refractivity contribution in [3.63, 3.8) is 0 Å². The fourth-order valence-corrected chi connectivity index (χ4v) is 2.40. The zero-order valence-corrected chi connectivity index (χ0v) is 13.4. The van der Waals surface area contributed by atoms with Gasteiger partial charge in [-0.1, -0.05) is 12.1 Å². The lowest BCUT2D eigenvalue weighted by Gasteiger charge is -2.13. The fourth-order valence-electron chi connectivity index (χ4n) is 2.40. The van der Waals surface area contributed by atoms with Crippen LogP contribution in [0.25, 0.3) is 0 Å². The van der Waals surface area contributed by atoms with Crippen LogP contribution in [-0.2, 0) is 11.3 Å². The number of hydrogen-bond acceptors (Lipinski definition) is 3. The zero-order chi connectivity index (χ0) is 15.4. The van der Waals surface area contributed by atoms with E-state index in [1.165, 1.54) is 31.2 Å². The molecule has 0 unspecified atom stereocenters. The Balaban J connectivity index is 1.45. The lowest BCUT2D eigenvalue weighted by molar-refractivity contribution is -0.120. The summed E-state index contributed by atoms with van der Waals surface area (Å²) in [7, 11) is 0. The van der Waals surface area contributed by atoms with E-state index >= 15 is 0 Å². The minimum absolute atomic E-state index is 0.0503. The highest BCUT2D eigenvalue weighted by Gasteiger charge is 2.22. The quantitative estimate of drug-likeness (QED) is 0.736. The molecule has 0 aromatic heterocycles. The number of nitrogens with one attached hydrogen (secondary N) is 2. The molecule has 1 aromatic rings. The van der Waals surface area contributed by atoms with Gasteiger partial charge in [-0.05, 0) is 62.6 Å². The van der Waals surface area contributed by atoms with Crippen molar-refractivity contribution < 1.29 is 9.53 Å². The molecule has 0 spiro atoms. The second-order valence-corrected chi connectivity index (χ2v) is 6.72. The van der Waals surface area contributed by atoms with Crippen LogP contribution in [0.3, 0.4) is 0 Å². The molecular weight excluding hydrogens is 276 g/mol. The van der Waals surface area contributed by atoms with Crippen LogP contribution in [0.2, 0.25) is 0 Å². The van der Waals surface area contributed by atoms with Gasteiger partial charge in [-0.2, -0.15) is 0 Å². The molecule has 0 bridgehead atoms. The maximum absolute atomic E-state index is 11.9. The zero-order valence-electron chi connectivity index (χ0n) is 13.4. The normalized spacial score (nSPS) is 17.3. The first-order valence-corrected chi connectivity index (χ1v) is 8.40. The van der Waals surface area contributed by atoms with Gasteiger partial charge < -0.3 is 15.4 Å². The van der Waals surface area contributed by atoms with E-state index in [2.05, 4.69) is 35.8 Å². The van der Waals surface area contributed by atoms with Crippen molar-refractivity contribution in [1.29, 1.82) is 0 Å². The van der Waals surface area contributed by atoms with Crippen LogP contribution in [0.15, 0.2) is 18.2 Å². The molecule has 3 rings (SSSR count). The van der Waals surface area contributed by atoms with Crippen molar-refractivity contribution in [3.8, 4) is 5.75 Å². The van der Waals surface area contributed by atoms with Crippen molar-refractivity contribution in [2.75, 3.05) is 19.7 Å². The van der Waals surface area contributed by atoms with Crippen LogP contribution in [-0.4, -0.2) is 25.6 Å². The van der Waals surface area contributed by atoms with Crippen molar-refractivity contribution in [2.45, 2.75) is 39.2 Å². The van der Waals surface area contributed by atoms with E-state index in [0.29, 0.717) is 13.1 Å². The first-order chi connectivity index (χ1) is 10.7. The maximum atomic E-state index is 11.9. The molecule has 4 nitrogen and oxygen atoms in total. The van der Waals surface area contributed by atoms with Crippen LogP contribution in [0.4, 0.5) is 0 Å². The van der Waals surface area contributed by atoms with Gasteiger partial charge in [-0.15, -0.1) is 0 Å². The third-order valence-electron chi connectivity index (χ3n) is 4.29. The van der Waals surface area contributed by atoms with Crippen LogP contribution in [0, 0.1) is 18.8 Å². The molecule has 4 heteroatoms. The number of carbonyl (C=O) groups excluding carboxylic acids is 1. The van der Waals surface area contributed by atoms with Gasteiger partial charge in [-0.25, -0.2) is 0 Å². The summed E-state index contributed by atoms with van der Waals surface area (Å²) in [6, 6.07) is 6.18. The second-order valence-electron chi connectivity index (χ2n) is 6.72. The van der Waals surface area contributed by atoms with E-state index < -0.39 is 0 Å². The Hall–Kier alpha value is -1.55. The van der Waals surface area contributed by atoms with E-state index in [1.54, 1.807) is 0 Å². The van der Waals surface area contributed by atoms with Crippen LogP contribution < -0.4 is 15.4 Å². The molecule has 1 aromatic carbocycles. The van der Waals surface area contributed by atoms with Gasteiger partial charge in [-0.3, -0.25) is 4.79 Å². The number of aryl methyl sites for hydroxylation is 1. The Morgan fingerprint density at radius 2 is 2.00 bits per heavy atom. The van der Waals surface area contributed by atoms with E-state index in [1.807, 2.05) is 0 Å². The van der Waals surface area contributed by atoms with Crippen molar-refractivity contribution in [2.24, 2.45) is 11.8 Å². The van der Waals surface area contributed by atoms with Gasteiger partial charge >= 0.3 is 0 Å². The average Bonchev–Trinajstić information content (AvgIpc) is 3.38. The number of hydrogen-bond donors (Lipinski definition) is 2. The third-order valence-corrected chi connectivity index (χ3v) is 4.29. The standard InChI is InChI=1S/C18H26N2O2/c1-13-2-7-16(17(8-13)22-12-15-5-6-15)10-20-18(21)11-19-9-14-3-4-14/h2,7-8,14-15,19H,3-6,9-12H2,1H3,(H,20,21). The Kier molecular flexibility index (Phi) is 4.98. The van der Waals surface area contributed by atoms with Gasteiger partial charge in [0, 0.05) is 12.1 Å². The predicted molar refractivity (Wildman–Crippen MR) is 86.8 cm³/mol. The molecule has 120 valence electrons. The number of benzene rings is 1. The molecular formula is C18H26N2O2. The largest absolute Gasteiger partial charge is 0.493 e. The molecule has 0 saturated heterocycles. The average molecular weight is 302 g/mol. The first kappa shape index (κ1) is 15.3. The van der Waals surface area contributed by atoms with Gasteiger partial charge in [0.1, 0.15) is 5.75 Å². The van der Waals surface area contributed by atoms with Gasteiger partial charge in [0.05, 0.1) is 13.2 Å². The summed E-state index contributed by atoms with van der Waals surface area (Å²) in [6.07, 6.45) is 5.18. The summed E-state index contributed by atoms with van der Waals surface area (Å²) in [4.78, 5) is 11.9. The summed E-state index contributed by atoms with van der Waals surface area (Å²) < 4.78 is 5.93. The molecule has 0 aliphatic heterocycles. The number of ether oxygens (including phenoxy) is 1. The van der Waals surface area contributed by atoms with E-state index in [9.17, 15) is 4.79 Å². The molecule has 2 aliphatic carbocycles. The smallest absolute Gasteiger partial charge is 0.234 e. The van der Waals surface area contributed by atoms with Crippen LogP contribution in [0.1, 0.15) is 36.8 Å². The minimum Gasteiger partial charge on any atom is -0.493 e. The first-order valence-electron chi connectivity index (χ1n) is 8.40. The summed E-state index contributed by atoms with van der Waals surface area (Å²) in [6.45, 7) is 4.76. The van der Waals surface area contributed by atoms with Crippen LogP contribution in [0.5, 0.6) is 5.75 Å². The Morgan fingerprint density at radius 1 is 1.23 bits per heavy atom. The summed E-state index contributed by atoms with van der Waals surface area (Å²) in [5.74, 6) is 2.49. The monoisotopic (exact) mass is 302 g/mol. The van der Waals surface area contributed by atoms with Crippen molar-refractivity contribution in [1.82, 2.24) is 10.6 Å². The highest BCUT2D eigenvalue weighted by atomic mass is 16.5. The third kappa shape index (κ3) is 5.02. The number of rotatable bonds is 9. The molecule has 1 amide bonds. The minimum atomic E-state index is 0.0503. The molecule has 2 aliphatic rings. The summed E-state index contributed by atoms with van der Waals surface area (Å²) >= 11 is 0. The van der Waals surface area contributed by atoms with E-state index in [0.717, 1.165) is 36.3 Å². The summed E-state index contributed by atoms with van der Waals surface area (Å²) in [5.41, 5.74) is 2.24.